The van der Waals surface area contributed by atoms with Gasteiger partial charge in [0.15, 0.2) is 0 Å². The van der Waals surface area contributed by atoms with E-state index in [1.165, 1.54) is 59.1 Å². The van der Waals surface area contributed by atoms with Crippen LogP contribution in [0.2, 0.25) is 0 Å². The number of aromatic nitrogens is 4. The highest BCUT2D eigenvalue weighted by Crippen LogP contribution is 2.51. The van der Waals surface area contributed by atoms with Crippen LogP contribution in [0.4, 0.5) is 0 Å². The summed E-state index contributed by atoms with van der Waals surface area (Å²) in [7, 11) is 0. The summed E-state index contributed by atoms with van der Waals surface area (Å²) in [6.45, 7) is 0. The fourth-order valence-corrected chi connectivity index (χ4v) is 8.26. The molecule has 4 nitrogen and oxygen atoms in total. The molecule has 10 rings (SSSR count). The first kappa shape index (κ1) is 24.8. The molecule has 0 radical (unpaired) electrons. The molecule has 0 saturated carbocycles. The van der Waals surface area contributed by atoms with Gasteiger partial charge in [0.05, 0.1) is 33.4 Å². The third-order valence-electron chi connectivity index (χ3n) is 8.99. The standard InChI is InChI=1S/C40H24N4S/c1-3-14-32-29(11-1)38-35(23-37-40-39(38)30-12-2-4-15-33(30)44(40)34-16-5-6-17-36(34)45-37)43(32)28-21-26(25-10-9-18-41-24-25)20-27(22-28)31-13-7-8-19-42-31/h1-24H. The van der Waals surface area contributed by atoms with Crippen molar-refractivity contribution in [2.24, 2.45) is 0 Å². The molecule has 5 aromatic carbocycles. The van der Waals surface area contributed by atoms with E-state index < -0.39 is 0 Å². The smallest absolute Gasteiger partial charge is 0.0702 e. The third kappa shape index (κ3) is 3.56. The minimum absolute atomic E-state index is 0.943. The van der Waals surface area contributed by atoms with Crippen LogP contribution in [0.25, 0.3) is 77.4 Å². The van der Waals surface area contributed by atoms with Crippen molar-refractivity contribution in [1.29, 1.82) is 0 Å². The maximum Gasteiger partial charge on any atom is 0.0702 e. The zero-order valence-corrected chi connectivity index (χ0v) is 24.9. The molecule has 0 aliphatic carbocycles. The molecule has 5 heteroatoms. The van der Waals surface area contributed by atoms with Crippen molar-refractivity contribution >= 4 is 55.4 Å². The van der Waals surface area contributed by atoms with Crippen LogP contribution in [0.1, 0.15) is 0 Å². The second kappa shape index (κ2) is 9.42. The van der Waals surface area contributed by atoms with Crippen LogP contribution in [-0.2, 0) is 0 Å². The van der Waals surface area contributed by atoms with Gasteiger partial charge >= 0.3 is 0 Å². The van der Waals surface area contributed by atoms with Gasteiger partial charge < -0.3 is 9.13 Å². The fourth-order valence-electron chi connectivity index (χ4n) is 7.15. The van der Waals surface area contributed by atoms with Gasteiger partial charge in [-0.1, -0.05) is 72.4 Å². The molecule has 1 aliphatic rings. The Kier molecular flexibility index (Phi) is 5.18. The van der Waals surface area contributed by atoms with Gasteiger partial charge in [0, 0.05) is 66.7 Å². The van der Waals surface area contributed by atoms with Crippen molar-refractivity contribution in [3.63, 3.8) is 0 Å². The van der Waals surface area contributed by atoms with Crippen LogP contribution in [-0.4, -0.2) is 19.1 Å². The maximum atomic E-state index is 4.73. The summed E-state index contributed by atoms with van der Waals surface area (Å²) in [4.78, 5) is 11.7. The van der Waals surface area contributed by atoms with Crippen LogP contribution in [0.3, 0.4) is 0 Å². The number of rotatable bonds is 3. The molecule has 0 atom stereocenters. The normalized spacial score (nSPS) is 12.4. The van der Waals surface area contributed by atoms with Crippen molar-refractivity contribution < 1.29 is 0 Å². The van der Waals surface area contributed by atoms with Crippen molar-refractivity contribution in [2.75, 3.05) is 0 Å². The zero-order chi connectivity index (χ0) is 29.5. The lowest BCUT2D eigenvalue weighted by atomic mass is 10.0. The summed E-state index contributed by atoms with van der Waals surface area (Å²) in [5.74, 6) is 0. The lowest BCUT2D eigenvalue weighted by Gasteiger charge is -2.20. The Bertz CT molecular complexity index is 2560. The van der Waals surface area contributed by atoms with E-state index in [4.69, 9.17) is 4.98 Å². The number of hydrogen-bond acceptors (Lipinski definition) is 3. The number of para-hydroxylation sites is 3. The fraction of sp³-hybridized carbons (Fsp3) is 0. The Morgan fingerprint density at radius 3 is 2.09 bits per heavy atom. The molecule has 0 N–H and O–H groups in total. The topological polar surface area (TPSA) is 35.6 Å². The molecular formula is C40H24N4S. The van der Waals surface area contributed by atoms with Crippen molar-refractivity contribution in [3.05, 3.63) is 146 Å². The number of pyridine rings is 2. The van der Waals surface area contributed by atoms with Crippen molar-refractivity contribution in [3.8, 4) is 33.8 Å². The van der Waals surface area contributed by atoms with Crippen LogP contribution < -0.4 is 0 Å². The van der Waals surface area contributed by atoms with E-state index in [-0.39, 0.29) is 0 Å². The van der Waals surface area contributed by atoms with Crippen molar-refractivity contribution in [2.45, 2.75) is 9.79 Å². The van der Waals surface area contributed by atoms with Gasteiger partial charge in [-0.3, -0.25) is 9.97 Å². The number of fused-ring (bicyclic) bond motifs is 9. The predicted molar refractivity (Wildman–Crippen MR) is 186 cm³/mol. The monoisotopic (exact) mass is 592 g/mol. The quantitative estimate of drug-likeness (QED) is 0.205. The highest BCUT2D eigenvalue weighted by Gasteiger charge is 2.27. The summed E-state index contributed by atoms with van der Waals surface area (Å²) in [6.07, 6.45) is 5.62. The molecule has 1 aliphatic heterocycles. The van der Waals surface area contributed by atoms with Gasteiger partial charge in [0.25, 0.3) is 0 Å². The first-order chi connectivity index (χ1) is 22.3. The van der Waals surface area contributed by atoms with E-state index in [1.54, 1.807) is 0 Å². The summed E-state index contributed by atoms with van der Waals surface area (Å²) in [5.41, 5.74) is 11.4. The zero-order valence-electron chi connectivity index (χ0n) is 24.1. The van der Waals surface area contributed by atoms with Crippen LogP contribution >= 0.6 is 11.8 Å². The minimum atomic E-state index is 0.943. The molecule has 0 spiro atoms. The maximum absolute atomic E-state index is 4.73. The largest absolute Gasteiger partial charge is 0.309 e. The van der Waals surface area contributed by atoms with E-state index >= 15 is 0 Å². The van der Waals surface area contributed by atoms with E-state index in [0.29, 0.717) is 0 Å². The first-order valence-corrected chi connectivity index (χ1v) is 15.9. The first-order valence-electron chi connectivity index (χ1n) is 15.1. The molecule has 0 saturated heterocycles. The highest BCUT2D eigenvalue weighted by atomic mass is 32.2. The summed E-state index contributed by atoms with van der Waals surface area (Å²) >= 11 is 1.87. The third-order valence-corrected chi connectivity index (χ3v) is 10.1. The lowest BCUT2D eigenvalue weighted by Crippen LogP contribution is -2.02. The SMILES string of the molecule is c1ccc(-c2cc(-c3cccnc3)cc(-n3c4ccccc4c4c5c6ccccc6n6c5c(cc43)Sc3ccccc3-6)c2)nc1. The Balaban J connectivity index is 1.37. The second-order valence-corrected chi connectivity index (χ2v) is 12.6. The average molecular weight is 593 g/mol. The minimum Gasteiger partial charge on any atom is -0.309 e. The molecule has 45 heavy (non-hydrogen) atoms. The number of hydrogen-bond donors (Lipinski definition) is 0. The van der Waals surface area contributed by atoms with Gasteiger partial charge in [-0.15, -0.1) is 0 Å². The second-order valence-electron chi connectivity index (χ2n) is 11.5. The Hall–Kier alpha value is -5.65. The van der Waals surface area contributed by atoms with Gasteiger partial charge in [-0.25, -0.2) is 0 Å². The number of benzene rings is 5. The molecule has 0 unspecified atom stereocenters. The van der Waals surface area contributed by atoms with E-state index in [0.717, 1.165) is 28.1 Å². The van der Waals surface area contributed by atoms with Gasteiger partial charge in [0.1, 0.15) is 0 Å². The van der Waals surface area contributed by atoms with Crippen LogP contribution in [0.5, 0.6) is 0 Å². The highest BCUT2D eigenvalue weighted by molar-refractivity contribution is 7.99. The molecule has 9 aromatic rings. The number of nitrogens with zero attached hydrogens (tertiary/aromatic N) is 4. The van der Waals surface area contributed by atoms with Crippen molar-refractivity contribution in [1.82, 2.24) is 19.1 Å². The van der Waals surface area contributed by atoms with Crippen LogP contribution in [0, 0.1) is 0 Å². The van der Waals surface area contributed by atoms with Crippen LogP contribution in [0.15, 0.2) is 156 Å². The molecule has 210 valence electrons. The average Bonchev–Trinajstić information content (AvgIpc) is 3.63. The Morgan fingerprint density at radius 1 is 0.511 bits per heavy atom. The lowest BCUT2D eigenvalue weighted by molar-refractivity contribution is 1.09. The summed E-state index contributed by atoms with van der Waals surface area (Å²) in [5, 5.41) is 5.11. The summed E-state index contributed by atoms with van der Waals surface area (Å²) < 4.78 is 4.92. The predicted octanol–water partition coefficient (Wildman–Crippen LogP) is 10.5. The van der Waals surface area contributed by atoms with E-state index in [2.05, 4.69) is 123 Å². The Morgan fingerprint density at radius 2 is 1.27 bits per heavy atom. The van der Waals surface area contributed by atoms with E-state index in [9.17, 15) is 0 Å². The van der Waals surface area contributed by atoms with Gasteiger partial charge in [0.2, 0.25) is 0 Å². The molecule has 0 fully saturated rings. The molecule has 5 heterocycles. The molecule has 0 amide bonds. The summed E-state index contributed by atoms with van der Waals surface area (Å²) in [6, 6.07) is 45.8. The van der Waals surface area contributed by atoms with E-state index in [1.807, 2.05) is 48.6 Å². The van der Waals surface area contributed by atoms with Gasteiger partial charge in [-0.2, -0.15) is 0 Å². The Labute approximate surface area is 263 Å². The van der Waals surface area contributed by atoms with Gasteiger partial charge in [-0.05, 0) is 72.3 Å². The molecular weight excluding hydrogens is 569 g/mol. The molecule has 0 bridgehead atoms. The molecule has 4 aromatic heterocycles.